The molecule has 0 spiro atoms. The van der Waals surface area contributed by atoms with Gasteiger partial charge in [-0.05, 0) is 49.4 Å². The fourth-order valence-electron chi connectivity index (χ4n) is 2.64. The predicted octanol–water partition coefficient (Wildman–Crippen LogP) is 1.17. The van der Waals surface area contributed by atoms with Crippen molar-refractivity contribution in [1.29, 1.82) is 0 Å². The first-order valence-corrected chi connectivity index (χ1v) is 6.75. The van der Waals surface area contributed by atoms with E-state index in [2.05, 4.69) is 10.5 Å². The quantitative estimate of drug-likeness (QED) is 0.282. The minimum atomic E-state index is -0.422. The molecule has 1 aromatic rings. The van der Waals surface area contributed by atoms with E-state index in [1.165, 1.54) is 12.1 Å². The van der Waals surface area contributed by atoms with Crippen molar-refractivity contribution in [2.75, 3.05) is 6.54 Å². The maximum absolute atomic E-state index is 13.2. The monoisotopic (exact) mass is 281 g/mol. The molecule has 0 bridgehead atoms. The predicted molar refractivity (Wildman–Crippen MR) is 74.0 cm³/mol. The Hall–Kier alpha value is -1.66. The minimum absolute atomic E-state index is 0.0995. The fraction of sp³-hybridized carbons (Fsp3) is 0.500. The lowest BCUT2D eigenvalue weighted by atomic mass is 10.1. The largest absolute Gasteiger partial charge is 0.409 e. The van der Waals surface area contributed by atoms with E-state index in [0.717, 1.165) is 31.4 Å². The Morgan fingerprint density at radius 1 is 1.45 bits per heavy atom. The van der Waals surface area contributed by atoms with Crippen molar-refractivity contribution in [3.8, 4) is 0 Å². The van der Waals surface area contributed by atoms with Crippen LogP contribution in [0.1, 0.15) is 30.4 Å². The smallest absolute Gasteiger partial charge is 0.170 e. The Labute approximate surface area is 117 Å². The van der Waals surface area contributed by atoms with Crippen molar-refractivity contribution in [3.63, 3.8) is 0 Å². The number of hydrogen-bond acceptors (Lipinski definition) is 4. The highest BCUT2D eigenvalue weighted by molar-refractivity contribution is 5.98. The van der Waals surface area contributed by atoms with Gasteiger partial charge < -0.3 is 21.4 Å². The third-order valence-corrected chi connectivity index (χ3v) is 3.72. The van der Waals surface area contributed by atoms with Crippen LogP contribution < -0.4 is 11.1 Å². The first kappa shape index (κ1) is 14.7. The number of nitrogens with one attached hydrogen (secondary N) is 1. The van der Waals surface area contributed by atoms with Gasteiger partial charge in [0.05, 0.1) is 6.10 Å². The molecule has 6 heteroatoms. The van der Waals surface area contributed by atoms with Crippen LogP contribution >= 0.6 is 0 Å². The highest BCUT2D eigenvalue weighted by Gasteiger charge is 2.22. The number of nitrogens with zero attached hydrogens (tertiary/aromatic N) is 1. The van der Waals surface area contributed by atoms with E-state index >= 15 is 0 Å². The lowest BCUT2D eigenvalue weighted by molar-refractivity contribution is 0.177. The molecule has 0 aliphatic heterocycles. The molecule has 1 aromatic carbocycles. The topological polar surface area (TPSA) is 90.9 Å². The summed E-state index contributed by atoms with van der Waals surface area (Å²) in [6.07, 6.45) is 2.52. The van der Waals surface area contributed by atoms with Crippen molar-refractivity contribution in [2.45, 2.75) is 31.9 Å². The number of nitrogens with two attached hydrogens (primary N) is 1. The summed E-state index contributed by atoms with van der Waals surface area (Å²) in [4.78, 5) is 0. The van der Waals surface area contributed by atoms with E-state index in [1.54, 1.807) is 6.07 Å². The zero-order valence-corrected chi connectivity index (χ0v) is 11.2. The van der Waals surface area contributed by atoms with E-state index in [4.69, 9.17) is 10.9 Å². The third-order valence-electron chi connectivity index (χ3n) is 3.72. The number of halogens is 1. The van der Waals surface area contributed by atoms with E-state index in [1.807, 2.05) is 0 Å². The summed E-state index contributed by atoms with van der Waals surface area (Å²) in [7, 11) is 0. The van der Waals surface area contributed by atoms with Gasteiger partial charge in [-0.2, -0.15) is 0 Å². The third kappa shape index (κ3) is 3.68. The zero-order chi connectivity index (χ0) is 14.5. The number of amidine groups is 1. The molecule has 0 amide bonds. The van der Waals surface area contributed by atoms with Gasteiger partial charge in [0.25, 0.3) is 0 Å². The van der Waals surface area contributed by atoms with Gasteiger partial charge in [-0.15, -0.1) is 0 Å². The summed E-state index contributed by atoms with van der Waals surface area (Å²) in [6, 6.07) is 4.23. The summed E-state index contributed by atoms with van der Waals surface area (Å²) < 4.78 is 13.2. The Morgan fingerprint density at radius 3 is 2.90 bits per heavy atom. The van der Waals surface area contributed by atoms with E-state index in [0.29, 0.717) is 18.0 Å². The Balaban J connectivity index is 1.95. The van der Waals surface area contributed by atoms with Gasteiger partial charge in [0.1, 0.15) is 5.82 Å². The summed E-state index contributed by atoms with van der Waals surface area (Å²) in [5, 5.41) is 24.4. The molecule has 2 rings (SSSR count). The van der Waals surface area contributed by atoms with Gasteiger partial charge in [0, 0.05) is 12.1 Å². The Bertz CT molecular complexity index is 493. The zero-order valence-electron chi connectivity index (χ0n) is 11.2. The molecule has 0 heterocycles. The molecular weight excluding hydrogens is 261 g/mol. The molecule has 5 nitrogen and oxygen atoms in total. The molecule has 2 atom stereocenters. The second kappa shape index (κ2) is 6.67. The molecule has 1 saturated carbocycles. The molecular formula is C14H20FN3O2. The molecule has 2 unspecified atom stereocenters. The van der Waals surface area contributed by atoms with Gasteiger partial charge in [-0.1, -0.05) is 11.2 Å². The van der Waals surface area contributed by atoms with Crippen molar-refractivity contribution in [1.82, 2.24) is 5.32 Å². The molecule has 110 valence electrons. The molecule has 0 aromatic heterocycles. The fourth-order valence-corrected chi connectivity index (χ4v) is 2.64. The van der Waals surface area contributed by atoms with Gasteiger partial charge in [-0.3, -0.25) is 0 Å². The summed E-state index contributed by atoms with van der Waals surface area (Å²) in [6.45, 7) is 1.31. The van der Waals surface area contributed by atoms with Crippen LogP contribution in [0.2, 0.25) is 0 Å². The molecule has 1 fully saturated rings. The normalized spacial score (nSPS) is 23.2. The van der Waals surface area contributed by atoms with Crippen LogP contribution in [0.5, 0.6) is 0 Å². The summed E-state index contributed by atoms with van der Waals surface area (Å²) >= 11 is 0. The standard InChI is InChI=1S/C14H20FN3O2/c15-11-3-2-10(13(6-11)14(16)18-20)8-17-7-9-1-4-12(19)5-9/h2-3,6,9,12,17,19-20H,1,4-5,7-8H2,(H2,16,18). The minimum Gasteiger partial charge on any atom is -0.409 e. The van der Waals surface area contributed by atoms with E-state index < -0.39 is 5.82 Å². The van der Waals surface area contributed by atoms with Crippen molar-refractivity contribution in [2.24, 2.45) is 16.8 Å². The van der Waals surface area contributed by atoms with Crippen molar-refractivity contribution in [3.05, 3.63) is 35.1 Å². The van der Waals surface area contributed by atoms with Crippen LogP contribution in [0, 0.1) is 11.7 Å². The van der Waals surface area contributed by atoms with Crippen molar-refractivity contribution >= 4 is 5.84 Å². The summed E-state index contributed by atoms with van der Waals surface area (Å²) in [5.41, 5.74) is 6.72. The number of aliphatic hydroxyl groups is 1. The number of benzene rings is 1. The Morgan fingerprint density at radius 2 is 2.25 bits per heavy atom. The number of oxime groups is 1. The molecule has 0 radical (unpaired) electrons. The highest BCUT2D eigenvalue weighted by atomic mass is 19.1. The second-order valence-corrected chi connectivity index (χ2v) is 5.25. The lowest BCUT2D eigenvalue weighted by Crippen LogP contribution is -2.24. The average molecular weight is 281 g/mol. The summed E-state index contributed by atoms with van der Waals surface area (Å²) in [5.74, 6) is -0.0513. The van der Waals surface area contributed by atoms with E-state index in [-0.39, 0.29) is 11.9 Å². The average Bonchev–Trinajstić information content (AvgIpc) is 2.85. The van der Waals surface area contributed by atoms with Crippen LogP contribution in [0.25, 0.3) is 0 Å². The second-order valence-electron chi connectivity index (χ2n) is 5.25. The number of aliphatic hydroxyl groups excluding tert-OH is 1. The maximum atomic E-state index is 13.2. The van der Waals surface area contributed by atoms with Crippen LogP contribution in [0.4, 0.5) is 4.39 Å². The van der Waals surface area contributed by atoms with Crippen LogP contribution in [0.15, 0.2) is 23.4 Å². The van der Waals surface area contributed by atoms with Gasteiger partial charge in [0.15, 0.2) is 5.84 Å². The maximum Gasteiger partial charge on any atom is 0.170 e. The van der Waals surface area contributed by atoms with Crippen LogP contribution in [-0.4, -0.2) is 28.8 Å². The van der Waals surface area contributed by atoms with Crippen LogP contribution in [0.3, 0.4) is 0 Å². The van der Waals surface area contributed by atoms with Gasteiger partial charge in [-0.25, -0.2) is 4.39 Å². The number of rotatable bonds is 5. The van der Waals surface area contributed by atoms with Gasteiger partial charge in [0.2, 0.25) is 0 Å². The van der Waals surface area contributed by atoms with Crippen molar-refractivity contribution < 1.29 is 14.7 Å². The molecule has 20 heavy (non-hydrogen) atoms. The van der Waals surface area contributed by atoms with Crippen LogP contribution in [-0.2, 0) is 6.54 Å². The van der Waals surface area contributed by atoms with Gasteiger partial charge >= 0.3 is 0 Å². The molecule has 1 aliphatic carbocycles. The molecule has 0 saturated heterocycles. The number of hydrogen-bond donors (Lipinski definition) is 4. The first-order chi connectivity index (χ1) is 9.60. The highest BCUT2D eigenvalue weighted by Crippen LogP contribution is 2.24. The Kier molecular flexibility index (Phi) is 4.92. The molecule has 1 aliphatic rings. The van der Waals surface area contributed by atoms with E-state index in [9.17, 15) is 9.50 Å². The first-order valence-electron chi connectivity index (χ1n) is 6.75. The SMILES string of the molecule is N/C(=N/O)c1cc(F)ccc1CNCC1CCC(O)C1. The molecule has 5 N–H and O–H groups in total. The lowest BCUT2D eigenvalue weighted by Gasteiger charge is -2.13.